The fraction of sp³-hybridized carbons (Fsp3) is 0.333. The number of urea groups is 1. The number of anilines is 2. The van der Waals surface area contributed by atoms with E-state index in [1.807, 2.05) is 6.07 Å². The second-order valence-electron chi connectivity index (χ2n) is 9.43. The molecule has 12 heteroatoms. The molecule has 1 unspecified atom stereocenters. The standard InChI is InChI=1S/C27H27N5O7/c1-2-39-27(38)31-11-3-4-16-6-7-17(13-21(16)31)29-26(37)28-14-15-5-8-18-19(12-15)25(36)32(24(18)35)20-9-10-22(33)30-23(20)34/h5-8,12-13,20H,2-4,9-11,14H2,1H3,(H2,28,29,37)(H,30,33,34). The highest BCUT2D eigenvalue weighted by atomic mass is 16.6. The van der Waals surface area contributed by atoms with Gasteiger partial charge in [0.05, 0.1) is 23.4 Å². The molecule has 1 fully saturated rings. The van der Waals surface area contributed by atoms with Gasteiger partial charge in [-0.2, -0.15) is 0 Å². The molecule has 1 saturated heterocycles. The monoisotopic (exact) mass is 533 g/mol. The molecule has 0 bridgehead atoms. The van der Waals surface area contributed by atoms with Crippen LogP contribution < -0.4 is 20.9 Å². The van der Waals surface area contributed by atoms with Crippen molar-refractivity contribution in [2.45, 2.75) is 45.2 Å². The van der Waals surface area contributed by atoms with Crippen molar-refractivity contribution in [1.82, 2.24) is 15.5 Å². The lowest BCUT2D eigenvalue weighted by atomic mass is 10.0. The molecule has 0 aliphatic carbocycles. The second kappa shape index (κ2) is 10.6. The van der Waals surface area contributed by atoms with Gasteiger partial charge in [0.15, 0.2) is 0 Å². The largest absolute Gasteiger partial charge is 0.449 e. The number of amides is 7. The summed E-state index contributed by atoms with van der Waals surface area (Å²) in [5.41, 5.74) is 3.06. The van der Waals surface area contributed by atoms with Crippen molar-refractivity contribution in [1.29, 1.82) is 0 Å². The predicted molar refractivity (Wildman–Crippen MR) is 138 cm³/mol. The highest BCUT2D eigenvalue weighted by Crippen LogP contribution is 2.31. The normalized spacial score (nSPS) is 18.3. The minimum Gasteiger partial charge on any atom is -0.449 e. The SMILES string of the molecule is CCOC(=O)N1CCCc2ccc(NC(=O)NCc3ccc4c(c3)C(=O)N(C3CCC(=O)NC3=O)C4=O)cc21. The number of ether oxygens (including phenoxy) is 1. The van der Waals surface area contributed by atoms with E-state index in [1.165, 1.54) is 12.1 Å². The molecule has 2 aromatic rings. The van der Waals surface area contributed by atoms with Gasteiger partial charge in [-0.15, -0.1) is 0 Å². The summed E-state index contributed by atoms with van der Waals surface area (Å²) in [5.74, 6) is -2.32. The van der Waals surface area contributed by atoms with Crippen LogP contribution in [-0.4, -0.2) is 59.8 Å². The van der Waals surface area contributed by atoms with Gasteiger partial charge in [0.25, 0.3) is 11.8 Å². The van der Waals surface area contributed by atoms with Gasteiger partial charge in [-0.25, -0.2) is 9.59 Å². The maximum Gasteiger partial charge on any atom is 0.414 e. The second-order valence-corrected chi connectivity index (χ2v) is 9.43. The van der Waals surface area contributed by atoms with Crippen LogP contribution in [0.25, 0.3) is 0 Å². The van der Waals surface area contributed by atoms with Crippen LogP contribution in [0, 0.1) is 0 Å². The number of hydrogen-bond donors (Lipinski definition) is 3. The summed E-state index contributed by atoms with van der Waals surface area (Å²) >= 11 is 0. The van der Waals surface area contributed by atoms with Crippen molar-refractivity contribution in [3.8, 4) is 0 Å². The number of nitrogens with zero attached hydrogens (tertiary/aromatic N) is 2. The Balaban J connectivity index is 1.23. The summed E-state index contributed by atoms with van der Waals surface area (Å²) in [5, 5.41) is 7.63. The third-order valence-corrected chi connectivity index (χ3v) is 6.91. The van der Waals surface area contributed by atoms with Gasteiger partial charge in [-0.3, -0.25) is 34.3 Å². The first kappa shape index (κ1) is 25.9. The van der Waals surface area contributed by atoms with E-state index in [-0.39, 0.29) is 37.1 Å². The van der Waals surface area contributed by atoms with E-state index >= 15 is 0 Å². The van der Waals surface area contributed by atoms with Crippen LogP contribution in [0.3, 0.4) is 0 Å². The summed E-state index contributed by atoms with van der Waals surface area (Å²) in [6.45, 7) is 2.61. The van der Waals surface area contributed by atoms with E-state index < -0.39 is 41.8 Å². The van der Waals surface area contributed by atoms with E-state index in [4.69, 9.17) is 4.74 Å². The molecule has 0 saturated carbocycles. The molecular weight excluding hydrogens is 506 g/mol. The van der Waals surface area contributed by atoms with E-state index in [1.54, 1.807) is 30.0 Å². The Morgan fingerprint density at radius 2 is 1.82 bits per heavy atom. The number of carbonyl (C=O) groups excluding carboxylic acids is 6. The van der Waals surface area contributed by atoms with Crippen LogP contribution in [0.15, 0.2) is 36.4 Å². The fourth-order valence-corrected chi connectivity index (χ4v) is 5.03. The van der Waals surface area contributed by atoms with Crippen LogP contribution >= 0.6 is 0 Å². The Morgan fingerprint density at radius 3 is 2.59 bits per heavy atom. The topological polar surface area (TPSA) is 154 Å². The molecule has 12 nitrogen and oxygen atoms in total. The average Bonchev–Trinajstić information content (AvgIpc) is 3.16. The number of fused-ring (bicyclic) bond motifs is 2. The molecule has 1 atom stereocenters. The maximum atomic E-state index is 13.0. The average molecular weight is 534 g/mol. The minimum absolute atomic E-state index is 0.0408. The number of aryl methyl sites for hydroxylation is 1. The molecule has 202 valence electrons. The third kappa shape index (κ3) is 5.05. The van der Waals surface area contributed by atoms with Gasteiger partial charge >= 0.3 is 12.1 Å². The number of rotatable bonds is 5. The molecular formula is C27H27N5O7. The summed E-state index contributed by atoms with van der Waals surface area (Å²) < 4.78 is 5.15. The first-order valence-corrected chi connectivity index (χ1v) is 12.7. The van der Waals surface area contributed by atoms with Gasteiger partial charge in [0, 0.05) is 25.2 Å². The van der Waals surface area contributed by atoms with Crippen LogP contribution in [-0.2, 0) is 27.3 Å². The zero-order valence-electron chi connectivity index (χ0n) is 21.2. The number of nitrogens with one attached hydrogen (secondary N) is 3. The molecule has 2 aromatic carbocycles. The molecule has 3 aliphatic rings. The van der Waals surface area contributed by atoms with Crippen LogP contribution in [0.5, 0.6) is 0 Å². The Labute approximate surface area is 223 Å². The lowest BCUT2D eigenvalue weighted by Crippen LogP contribution is -2.54. The molecule has 3 aliphatic heterocycles. The van der Waals surface area contributed by atoms with Crippen LogP contribution in [0.1, 0.15) is 58.0 Å². The van der Waals surface area contributed by atoms with Gasteiger partial charge in [0.2, 0.25) is 11.8 Å². The molecule has 3 N–H and O–H groups in total. The van der Waals surface area contributed by atoms with E-state index in [0.717, 1.165) is 23.3 Å². The maximum absolute atomic E-state index is 13.0. The van der Waals surface area contributed by atoms with Gasteiger partial charge in [-0.1, -0.05) is 12.1 Å². The van der Waals surface area contributed by atoms with Crippen LogP contribution in [0.2, 0.25) is 0 Å². The van der Waals surface area contributed by atoms with Crippen molar-refractivity contribution in [3.63, 3.8) is 0 Å². The fourth-order valence-electron chi connectivity index (χ4n) is 5.03. The zero-order valence-corrected chi connectivity index (χ0v) is 21.2. The molecule has 0 radical (unpaired) electrons. The Hall–Kier alpha value is -4.74. The lowest BCUT2D eigenvalue weighted by Gasteiger charge is -2.29. The van der Waals surface area contributed by atoms with Crippen molar-refractivity contribution < 1.29 is 33.5 Å². The van der Waals surface area contributed by atoms with E-state index in [9.17, 15) is 28.8 Å². The van der Waals surface area contributed by atoms with Crippen LogP contribution in [0.4, 0.5) is 21.0 Å². The van der Waals surface area contributed by atoms with E-state index in [0.29, 0.717) is 23.5 Å². The highest BCUT2D eigenvalue weighted by Gasteiger charge is 2.44. The highest BCUT2D eigenvalue weighted by molar-refractivity contribution is 6.23. The van der Waals surface area contributed by atoms with Crippen molar-refractivity contribution >= 4 is 47.1 Å². The first-order chi connectivity index (χ1) is 18.8. The number of carbonyl (C=O) groups is 6. The Kier molecular flexibility index (Phi) is 7.01. The summed E-state index contributed by atoms with van der Waals surface area (Å²) in [6, 6.07) is 8.44. The summed E-state index contributed by atoms with van der Waals surface area (Å²) in [6.07, 6.45) is 1.32. The minimum atomic E-state index is -1.04. The zero-order chi connectivity index (χ0) is 27.7. The predicted octanol–water partition coefficient (Wildman–Crippen LogP) is 2.32. The third-order valence-electron chi connectivity index (χ3n) is 6.91. The van der Waals surface area contributed by atoms with Crippen molar-refractivity contribution in [2.24, 2.45) is 0 Å². The molecule has 3 heterocycles. The number of benzene rings is 2. The van der Waals surface area contributed by atoms with Gasteiger partial charge in [-0.05, 0) is 61.6 Å². The summed E-state index contributed by atoms with van der Waals surface area (Å²) in [4.78, 5) is 76.9. The number of piperidine rings is 1. The lowest BCUT2D eigenvalue weighted by molar-refractivity contribution is -0.136. The summed E-state index contributed by atoms with van der Waals surface area (Å²) in [7, 11) is 0. The Bertz CT molecular complexity index is 1400. The van der Waals surface area contributed by atoms with Gasteiger partial charge in [0.1, 0.15) is 6.04 Å². The number of imide groups is 2. The van der Waals surface area contributed by atoms with Crippen molar-refractivity contribution in [3.05, 3.63) is 58.7 Å². The van der Waals surface area contributed by atoms with E-state index in [2.05, 4.69) is 16.0 Å². The molecule has 5 rings (SSSR count). The van der Waals surface area contributed by atoms with Crippen molar-refractivity contribution in [2.75, 3.05) is 23.4 Å². The molecule has 0 spiro atoms. The molecule has 0 aromatic heterocycles. The number of hydrogen-bond acceptors (Lipinski definition) is 7. The smallest absolute Gasteiger partial charge is 0.414 e. The Morgan fingerprint density at radius 1 is 1.03 bits per heavy atom. The first-order valence-electron chi connectivity index (χ1n) is 12.7. The quantitative estimate of drug-likeness (QED) is 0.498. The molecule has 7 amide bonds. The van der Waals surface area contributed by atoms with Gasteiger partial charge < -0.3 is 15.4 Å². The molecule has 39 heavy (non-hydrogen) atoms.